The summed E-state index contributed by atoms with van der Waals surface area (Å²) in [6, 6.07) is 3.68. The van der Waals surface area contributed by atoms with E-state index in [-0.39, 0.29) is 0 Å². The van der Waals surface area contributed by atoms with Crippen LogP contribution in [-0.4, -0.2) is 25.2 Å². The van der Waals surface area contributed by atoms with Crippen LogP contribution in [-0.2, 0) is 0 Å². The van der Waals surface area contributed by atoms with Gasteiger partial charge in [-0.1, -0.05) is 13.8 Å². The Morgan fingerprint density at radius 3 is 2.56 bits per heavy atom. The minimum Gasteiger partial charge on any atom is -0.481 e. The number of anilines is 2. The molecule has 1 saturated heterocycles. The van der Waals surface area contributed by atoms with Crippen molar-refractivity contribution in [2.24, 2.45) is 11.8 Å². The number of nitrogen functional groups attached to an aromatic ring is 1. The molecule has 0 aromatic carbocycles. The first kappa shape index (κ1) is 13.0. The van der Waals surface area contributed by atoms with Crippen LogP contribution >= 0.6 is 0 Å². The highest BCUT2D eigenvalue weighted by atomic mass is 16.5. The van der Waals surface area contributed by atoms with E-state index in [1.165, 1.54) is 12.8 Å². The molecule has 1 aliphatic heterocycles. The topological polar surface area (TPSA) is 51.4 Å². The van der Waals surface area contributed by atoms with Gasteiger partial charge in [-0.2, -0.15) is 4.98 Å². The Morgan fingerprint density at radius 2 is 2.00 bits per heavy atom. The molecule has 0 unspecified atom stereocenters. The number of ether oxygens (including phenoxy) is 1. The average molecular weight is 249 g/mol. The Hall–Kier alpha value is -1.45. The average Bonchev–Trinajstić information content (AvgIpc) is 2.39. The fraction of sp³-hybridized carbons (Fsp3) is 0.643. The zero-order chi connectivity index (χ0) is 13.1. The monoisotopic (exact) mass is 249 g/mol. The summed E-state index contributed by atoms with van der Waals surface area (Å²) in [5.41, 5.74) is 6.74. The molecule has 4 nitrogen and oxygen atoms in total. The van der Waals surface area contributed by atoms with Crippen LogP contribution in [0.15, 0.2) is 12.1 Å². The number of pyridine rings is 1. The Labute approximate surface area is 109 Å². The van der Waals surface area contributed by atoms with Crippen molar-refractivity contribution in [3.63, 3.8) is 0 Å². The fourth-order valence-corrected chi connectivity index (χ4v) is 2.59. The maximum Gasteiger partial charge on any atom is 0.215 e. The van der Waals surface area contributed by atoms with Gasteiger partial charge in [0.15, 0.2) is 5.82 Å². The second kappa shape index (κ2) is 5.46. The van der Waals surface area contributed by atoms with Crippen molar-refractivity contribution in [1.29, 1.82) is 0 Å². The van der Waals surface area contributed by atoms with Crippen molar-refractivity contribution < 1.29 is 4.74 Å². The van der Waals surface area contributed by atoms with E-state index in [0.717, 1.165) is 36.4 Å². The molecule has 0 aliphatic carbocycles. The first-order valence-electron chi connectivity index (χ1n) is 6.67. The molecule has 0 bridgehead atoms. The molecule has 1 fully saturated rings. The van der Waals surface area contributed by atoms with Gasteiger partial charge in [0, 0.05) is 19.2 Å². The maximum atomic E-state index is 6.01. The van der Waals surface area contributed by atoms with Crippen molar-refractivity contribution in [2.45, 2.75) is 26.7 Å². The van der Waals surface area contributed by atoms with Crippen molar-refractivity contribution in [3.8, 4) is 5.88 Å². The molecule has 1 aromatic heterocycles. The first-order valence-corrected chi connectivity index (χ1v) is 6.67. The van der Waals surface area contributed by atoms with Gasteiger partial charge in [-0.25, -0.2) is 0 Å². The summed E-state index contributed by atoms with van der Waals surface area (Å²) in [7, 11) is 1.63. The molecule has 2 rings (SSSR count). The summed E-state index contributed by atoms with van der Waals surface area (Å²) in [5, 5.41) is 0. The Morgan fingerprint density at radius 1 is 1.33 bits per heavy atom. The van der Waals surface area contributed by atoms with Gasteiger partial charge in [0.2, 0.25) is 5.88 Å². The molecule has 0 amide bonds. The lowest BCUT2D eigenvalue weighted by Gasteiger charge is -2.35. The van der Waals surface area contributed by atoms with Crippen molar-refractivity contribution in [2.75, 3.05) is 30.8 Å². The van der Waals surface area contributed by atoms with E-state index in [1.54, 1.807) is 13.2 Å². The molecule has 2 N–H and O–H groups in total. The molecule has 0 saturated carbocycles. The number of nitrogens with two attached hydrogens (primary N) is 1. The van der Waals surface area contributed by atoms with E-state index in [9.17, 15) is 0 Å². The highest BCUT2D eigenvalue weighted by molar-refractivity contribution is 5.63. The molecule has 18 heavy (non-hydrogen) atoms. The molecule has 1 aliphatic rings. The lowest BCUT2D eigenvalue weighted by molar-refractivity contribution is 0.310. The smallest absolute Gasteiger partial charge is 0.215 e. The summed E-state index contributed by atoms with van der Waals surface area (Å²) < 4.78 is 5.17. The molecule has 4 heteroatoms. The molecular formula is C14H23N3O. The molecular weight excluding hydrogens is 226 g/mol. The van der Waals surface area contributed by atoms with Gasteiger partial charge >= 0.3 is 0 Å². The second-order valence-electron chi connectivity index (χ2n) is 5.33. The van der Waals surface area contributed by atoms with Gasteiger partial charge < -0.3 is 15.4 Å². The van der Waals surface area contributed by atoms with Gasteiger partial charge in [0.25, 0.3) is 0 Å². The van der Waals surface area contributed by atoms with Gasteiger partial charge in [0.05, 0.1) is 12.8 Å². The number of hydrogen-bond donors (Lipinski definition) is 1. The third-order valence-corrected chi connectivity index (χ3v) is 3.87. The van der Waals surface area contributed by atoms with Crippen LogP contribution in [0, 0.1) is 11.8 Å². The van der Waals surface area contributed by atoms with Gasteiger partial charge in [-0.15, -0.1) is 0 Å². The molecule has 0 radical (unpaired) electrons. The molecule has 2 heterocycles. The number of hydrogen-bond acceptors (Lipinski definition) is 4. The molecule has 0 atom stereocenters. The number of rotatable bonds is 3. The van der Waals surface area contributed by atoms with Crippen LogP contribution in [0.3, 0.4) is 0 Å². The van der Waals surface area contributed by atoms with Crippen LogP contribution in [0.4, 0.5) is 11.5 Å². The number of nitrogens with zero attached hydrogens (tertiary/aromatic N) is 2. The summed E-state index contributed by atoms with van der Waals surface area (Å²) in [4.78, 5) is 6.74. The summed E-state index contributed by atoms with van der Waals surface area (Å²) >= 11 is 0. The van der Waals surface area contributed by atoms with Crippen LogP contribution < -0.4 is 15.4 Å². The number of piperidine rings is 1. The van der Waals surface area contributed by atoms with Gasteiger partial charge in [-0.05, 0) is 30.7 Å². The lowest BCUT2D eigenvalue weighted by atomic mass is 9.87. The minimum absolute atomic E-state index is 0.630. The van der Waals surface area contributed by atoms with Crippen LogP contribution in [0.5, 0.6) is 5.88 Å². The molecule has 1 aromatic rings. The van der Waals surface area contributed by atoms with Crippen molar-refractivity contribution in [3.05, 3.63) is 12.1 Å². The van der Waals surface area contributed by atoms with Gasteiger partial charge in [0.1, 0.15) is 0 Å². The highest BCUT2D eigenvalue weighted by Gasteiger charge is 2.23. The summed E-state index contributed by atoms with van der Waals surface area (Å²) in [6.45, 7) is 6.68. The third-order valence-electron chi connectivity index (χ3n) is 3.87. The van der Waals surface area contributed by atoms with E-state index in [1.807, 2.05) is 6.07 Å². The third kappa shape index (κ3) is 2.68. The van der Waals surface area contributed by atoms with Crippen LogP contribution in [0.25, 0.3) is 0 Å². The SMILES string of the molecule is COc1ccc(N)c(N2CCC(C(C)C)CC2)n1. The largest absolute Gasteiger partial charge is 0.481 e. The van der Waals surface area contributed by atoms with Crippen LogP contribution in [0.2, 0.25) is 0 Å². The van der Waals surface area contributed by atoms with Crippen LogP contribution in [0.1, 0.15) is 26.7 Å². The minimum atomic E-state index is 0.630. The molecule has 100 valence electrons. The van der Waals surface area contributed by atoms with Crippen molar-refractivity contribution in [1.82, 2.24) is 4.98 Å². The van der Waals surface area contributed by atoms with E-state index < -0.39 is 0 Å². The second-order valence-corrected chi connectivity index (χ2v) is 5.33. The zero-order valence-electron chi connectivity index (χ0n) is 11.5. The molecule has 0 spiro atoms. The predicted molar refractivity (Wildman–Crippen MR) is 75.0 cm³/mol. The summed E-state index contributed by atoms with van der Waals surface area (Å²) in [6.07, 6.45) is 2.44. The Kier molecular flexibility index (Phi) is 3.94. The van der Waals surface area contributed by atoms with Gasteiger partial charge in [-0.3, -0.25) is 0 Å². The first-order chi connectivity index (χ1) is 8.61. The van der Waals surface area contributed by atoms with Crippen molar-refractivity contribution >= 4 is 11.5 Å². The quantitative estimate of drug-likeness (QED) is 0.894. The normalized spacial score (nSPS) is 17.2. The standard InChI is InChI=1S/C14H23N3O/c1-10(2)11-6-8-17(9-7-11)14-12(15)4-5-13(16-14)18-3/h4-5,10-11H,6-9,15H2,1-3H3. The lowest BCUT2D eigenvalue weighted by Crippen LogP contribution is -2.36. The van der Waals surface area contributed by atoms with E-state index in [2.05, 4.69) is 23.7 Å². The van der Waals surface area contributed by atoms with E-state index in [0.29, 0.717) is 5.88 Å². The number of aromatic nitrogens is 1. The zero-order valence-corrected chi connectivity index (χ0v) is 11.5. The highest BCUT2D eigenvalue weighted by Crippen LogP contribution is 2.30. The Balaban J connectivity index is 2.09. The Bertz CT molecular complexity index is 398. The summed E-state index contributed by atoms with van der Waals surface area (Å²) in [5.74, 6) is 3.09. The number of methoxy groups -OCH3 is 1. The van der Waals surface area contributed by atoms with E-state index in [4.69, 9.17) is 10.5 Å². The fourth-order valence-electron chi connectivity index (χ4n) is 2.59. The predicted octanol–water partition coefficient (Wildman–Crippen LogP) is 2.54. The maximum absolute atomic E-state index is 6.01. The van der Waals surface area contributed by atoms with E-state index >= 15 is 0 Å².